The van der Waals surface area contributed by atoms with Gasteiger partial charge in [0.1, 0.15) is 5.75 Å². The fraction of sp³-hybridized carbons (Fsp3) is 0.190. The van der Waals surface area contributed by atoms with Crippen molar-refractivity contribution in [1.29, 1.82) is 0 Å². The summed E-state index contributed by atoms with van der Waals surface area (Å²) in [6.07, 6.45) is 2.29. The molecule has 28 heavy (non-hydrogen) atoms. The van der Waals surface area contributed by atoms with Crippen molar-refractivity contribution in [2.45, 2.75) is 23.8 Å². The van der Waals surface area contributed by atoms with E-state index in [1.807, 2.05) is 55.5 Å². The minimum atomic E-state index is -0.339. The molecule has 1 atom stereocenters. The Morgan fingerprint density at radius 2 is 1.96 bits per heavy atom. The number of hydrogen-bond donors (Lipinski definition) is 1. The molecule has 0 aliphatic carbocycles. The average Bonchev–Trinajstić information content (AvgIpc) is 3.35. The molecule has 0 radical (unpaired) electrons. The van der Waals surface area contributed by atoms with E-state index in [0.717, 1.165) is 22.2 Å². The molecule has 0 aliphatic rings. The third-order valence-electron chi connectivity index (χ3n) is 4.46. The van der Waals surface area contributed by atoms with E-state index in [9.17, 15) is 4.79 Å². The third kappa shape index (κ3) is 3.80. The van der Waals surface area contributed by atoms with Crippen LogP contribution in [0.25, 0.3) is 10.9 Å². The van der Waals surface area contributed by atoms with E-state index < -0.39 is 0 Å². The zero-order valence-corrected chi connectivity index (χ0v) is 16.3. The Bertz CT molecular complexity index is 1100. The topological polar surface area (TPSA) is 81.0 Å². The van der Waals surface area contributed by atoms with Crippen LogP contribution in [0, 0.1) is 0 Å². The lowest BCUT2D eigenvalue weighted by molar-refractivity contribution is 0.0995. The number of aromatic amines is 1. The Balaban J connectivity index is 1.43. The number of ether oxygens (including phenoxy) is 1. The standard InChI is InChI=1S/C21H19N3O3S/c1-13(20(25)17-12-22-18-6-4-3-5-16(17)18)28-21-24-23-19(27-21)11-14-7-9-15(26-2)10-8-14/h3-10,12-13,22H,11H2,1-2H3. The number of hydrogen-bond acceptors (Lipinski definition) is 6. The van der Waals surface area contributed by atoms with Crippen LogP contribution in [0.1, 0.15) is 28.7 Å². The van der Waals surface area contributed by atoms with Gasteiger partial charge in [-0.25, -0.2) is 0 Å². The van der Waals surface area contributed by atoms with E-state index in [2.05, 4.69) is 15.2 Å². The highest BCUT2D eigenvalue weighted by atomic mass is 32.2. The number of H-pyrrole nitrogens is 1. The zero-order chi connectivity index (χ0) is 19.5. The quantitative estimate of drug-likeness (QED) is 0.367. The molecule has 0 saturated carbocycles. The summed E-state index contributed by atoms with van der Waals surface area (Å²) in [5.74, 6) is 1.34. The number of nitrogens with zero attached hydrogens (tertiary/aromatic N) is 2. The predicted octanol–water partition coefficient (Wildman–Crippen LogP) is 4.51. The lowest BCUT2D eigenvalue weighted by atomic mass is 10.1. The number of aromatic nitrogens is 3. The van der Waals surface area contributed by atoms with Gasteiger partial charge in [0.05, 0.1) is 18.8 Å². The second-order valence-electron chi connectivity index (χ2n) is 6.36. The first kappa shape index (κ1) is 18.3. The number of nitrogens with one attached hydrogen (secondary N) is 1. The summed E-state index contributed by atoms with van der Waals surface area (Å²) >= 11 is 1.27. The Labute approximate surface area is 166 Å². The van der Waals surface area contributed by atoms with Crippen molar-refractivity contribution in [3.8, 4) is 5.75 Å². The monoisotopic (exact) mass is 393 g/mol. The molecule has 0 saturated heterocycles. The predicted molar refractivity (Wildman–Crippen MR) is 108 cm³/mol. The van der Waals surface area contributed by atoms with Crippen molar-refractivity contribution in [3.05, 3.63) is 71.7 Å². The molecule has 142 valence electrons. The first-order valence-electron chi connectivity index (χ1n) is 8.86. The highest BCUT2D eigenvalue weighted by Crippen LogP contribution is 2.28. The molecule has 4 rings (SSSR count). The van der Waals surface area contributed by atoms with Gasteiger partial charge >= 0.3 is 0 Å². The number of para-hydroxylation sites is 1. The van der Waals surface area contributed by atoms with Gasteiger partial charge in [0, 0.05) is 22.7 Å². The zero-order valence-electron chi connectivity index (χ0n) is 15.5. The molecule has 0 aliphatic heterocycles. The molecule has 2 aromatic heterocycles. The number of carbonyl (C=O) groups is 1. The van der Waals surface area contributed by atoms with E-state index >= 15 is 0 Å². The highest BCUT2D eigenvalue weighted by molar-refractivity contribution is 8.00. The second kappa shape index (κ2) is 7.90. The van der Waals surface area contributed by atoms with Crippen molar-refractivity contribution < 1.29 is 13.9 Å². The number of thioether (sulfide) groups is 1. The Morgan fingerprint density at radius 1 is 1.18 bits per heavy atom. The first-order chi connectivity index (χ1) is 13.6. The molecular formula is C21H19N3O3S. The van der Waals surface area contributed by atoms with Gasteiger partial charge in [-0.05, 0) is 30.7 Å². The summed E-state index contributed by atoms with van der Waals surface area (Å²) < 4.78 is 10.9. The van der Waals surface area contributed by atoms with Crippen LogP contribution in [-0.2, 0) is 6.42 Å². The Hall–Kier alpha value is -3.06. The number of rotatable bonds is 7. The molecule has 1 N–H and O–H groups in total. The van der Waals surface area contributed by atoms with Gasteiger partial charge in [-0.15, -0.1) is 10.2 Å². The Morgan fingerprint density at radius 3 is 2.75 bits per heavy atom. The number of carbonyl (C=O) groups excluding carboxylic acids is 1. The molecule has 4 aromatic rings. The van der Waals surface area contributed by atoms with Crippen LogP contribution in [0.5, 0.6) is 5.75 Å². The summed E-state index contributed by atoms with van der Waals surface area (Å²) in [5, 5.41) is 9.14. The number of methoxy groups -OCH3 is 1. The molecule has 1 unspecified atom stereocenters. The molecule has 0 bridgehead atoms. The van der Waals surface area contributed by atoms with Crippen molar-refractivity contribution in [1.82, 2.24) is 15.2 Å². The summed E-state index contributed by atoms with van der Waals surface area (Å²) in [5.41, 5.74) is 2.67. The van der Waals surface area contributed by atoms with E-state index in [1.165, 1.54) is 11.8 Å². The fourth-order valence-corrected chi connectivity index (χ4v) is 3.74. The molecule has 0 spiro atoms. The smallest absolute Gasteiger partial charge is 0.277 e. The van der Waals surface area contributed by atoms with Gasteiger partial charge in [-0.3, -0.25) is 4.79 Å². The van der Waals surface area contributed by atoms with Crippen LogP contribution in [0.3, 0.4) is 0 Å². The van der Waals surface area contributed by atoms with Gasteiger partial charge in [0.2, 0.25) is 5.89 Å². The summed E-state index contributed by atoms with van der Waals surface area (Å²) in [6, 6.07) is 15.5. The average molecular weight is 393 g/mol. The summed E-state index contributed by atoms with van der Waals surface area (Å²) in [7, 11) is 1.63. The maximum Gasteiger partial charge on any atom is 0.277 e. The van der Waals surface area contributed by atoms with Crippen molar-refractivity contribution in [2.24, 2.45) is 0 Å². The van der Waals surface area contributed by atoms with Gasteiger partial charge in [-0.1, -0.05) is 42.1 Å². The van der Waals surface area contributed by atoms with Crippen molar-refractivity contribution in [2.75, 3.05) is 7.11 Å². The van der Waals surface area contributed by atoms with E-state index in [1.54, 1.807) is 13.3 Å². The lowest BCUT2D eigenvalue weighted by Gasteiger charge is -2.06. The van der Waals surface area contributed by atoms with Crippen molar-refractivity contribution >= 4 is 28.4 Å². The van der Waals surface area contributed by atoms with Gasteiger partial charge in [0.15, 0.2) is 5.78 Å². The Kier molecular flexibility index (Phi) is 5.16. The minimum Gasteiger partial charge on any atom is -0.497 e. The molecule has 2 heterocycles. The number of ketones is 1. The molecule has 6 nitrogen and oxygen atoms in total. The van der Waals surface area contributed by atoms with Crippen LogP contribution in [0.15, 0.2) is 64.4 Å². The molecule has 0 fully saturated rings. The maximum absolute atomic E-state index is 12.8. The molecular weight excluding hydrogens is 374 g/mol. The number of Topliss-reactive ketones (excluding diaryl/α,β-unsaturated/α-hetero) is 1. The van der Waals surface area contributed by atoms with Crippen LogP contribution in [0.2, 0.25) is 0 Å². The molecule has 2 aromatic carbocycles. The normalized spacial score (nSPS) is 12.2. The fourth-order valence-electron chi connectivity index (χ4n) is 2.97. The number of benzene rings is 2. The summed E-state index contributed by atoms with van der Waals surface area (Å²) in [4.78, 5) is 16.0. The van der Waals surface area contributed by atoms with Gasteiger partial charge in [-0.2, -0.15) is 0 Å². The van der Waals surface area contributed by atoms with Gasteiger partial charge in [0.25, 0.3) is 5.22 Å². The number of fused-ring (bicyclic) bond motifs is 1. The van der Waals surface area contributed by atoms with Crippen LogP contribution >= 0.6 is 11.8 Å². The van der Waals surface area contributed by atoms with E-state index in [0.29, 0.717) is 23.1 Å². The minimum absolute atomic E-state index is 0.0253. The first-order valence-corrected chi connectivity index (χ1v) is 9.74. The van der Waals surface area contributed by atoms with E-state index in [4.69, 9.17) is 9.15 Å². The molecule has 0 amide bonds. The van der Waals surface area contributed by atoms with Crippen LogP contribution in [-0.4, -0.2) is 33.3 Å². The SMILES string of the molecule is COc1ccc(Cc2nnc(SC(C)C(=O)c3c[nH]c4ccccc34)o2)cc1. The lowest BCUT2D eigenvalue weighted by Crippen LogP contribution is -2.13. The molecule has 7 heteroatoms. The highest BCUT2D eigenvalue weighted by Gasteiger charge is 2.22. The maximum atomic E-state index is 12.8. The van der Waals surface area contributed by atoms with Crippen LogP contribution in [0.4, 0.5) is 0 Å². The van der Waals surface area contributed by atoms with Gasteiger partial charge < -0.3 is 14.1 Å². The third-order valence-corrected chi connectivity index (χ3v) is 5.40. The largest absolute Gasteiger partial charge is 0.497 e. The summed E-state index contributed by atoms with van der Waals surface area (Å²) in [6.45, 7) is 1.85. The van der Waals surface area contributed by atoms with Crippen LogP contribution < -0.4 is 4.74 Å². The second-order valence-corrected chi connectivity index (χ2v) is 7.65. The van der Waals surface area contributed by atoms with E-state index in [-0.39, 0.29) is 11.0 Å². The van der Waals surface area contributed by atoms with Crippen molar-refractivity contribution in [3.63, 3.8) is 0 Å².